The Morgan fingerprint density at radius 3 is 3.00 bits per heavy atom. The van der Waals surface area contributed by atoms with Crippen molar-refractivity contribution in [2.45, 2.75) is 62.9 Å². The van der Waals surface area contributed by atoms with Gasteiger partial charge in [0, 0.05) is 23.2 Å². The third-order valence-corrected chi connectivity index (χ3v) is 7.38. The Morgan fingerprint density at radius 1 is 1.19 bits per heavy atom. The third-order valence-electron chi connectivity index (χ3n) is 7.38. The van der Waals surface area contributed by atoms with E-state index in [4.69, 9.17) is 0 Å². The van der Waals surface area contributed by atoms with Gasteiger partial charge in [-0.1, -0.05) is 25.1 Å². The van der Waals surface area contributed by atoms with Gasteiger partial charge in [-0.25, -0.2) is 0 Å². The highest BCUT2D eigenvalue weighted by Gasteiger charge is 2.65. The molecule has 0 bridgehead atoms. The van der Waals surface area contributed by atoms with Crippen LogP contribution in [-0.4, -0.2) is 30.1 Å². The highest BCUT2D eigenvalue weighted by atomic mass is 15.2. The van der Waals surface area contributed by atoms with Crippen LogP contribution in [0.15, 0.2) is 24.3 Å². The van der Waals surface area contributed by atoms with E-state index in [2.05, 4.69) is 41.4 Å². The molecule has 1 aliphatic carbocycles. The summed E-state index contributed by atoms with van der Waals surface area (Å²) < 4.78 is 0. The summed E-state index contributed by atoms with van der Waals surface area (Å²) in [6, 6.07) is 10.7. The lowest BCUT2D eigenvalue weighted by Crippen LogP contribution is -2.63. The third kappa shape index (κ3) is 1.34. The fraction of sp³-hybridized carbons (Fsp3) is 0.684. The first-order valence-corrected chi connectivity index (χ1v) is 8.90. The molecule has 3 fully saturated rings. The van der Waals surface area contributed by atoms with E-state index in [0.717, 1.165) is 6.04 Å². The van der Waals surface area contributed by atoms with E-state index < -0.39 is 0 Å². The van der Waals surface area contributed by atoms with Crippen LogP contribution in [0.3, 0.4) is 0 Å². The van der Waals surface area contributed by atoms with Gasteiger partial charge in [0.2, 0.25) is 0 Å². The number of para-hydroxylation sites is 1. The van der Waals surface area contributed by atoms with Crippen LogP contribution in [0.1, 0.15) is 51.0 Å². The van der Waals surface area contributed by atoms with Gasteiger partial charge in [0.05, 0.1) is 0 Å². The fourth-order valence-electron chi connectivity index (χ4n) is 6.60. The first-order chi connectivity index (χ1) is 10.3. The van der Waals surface area contributed by atoms with Crippen molar-refractivity contribution in [2.75, 3.05) is 18.4 Å². The quantitative estimate of drug-likeness (QED) is 0.843. The highest BCUT2D eigenvalue weighted by Crippen LogP contribution is 2.63. The van der Waals surface area contributed by atoms with E-state index in [0.29, 0.717) is 16.9 Å². The largest absolute Gasteiger partial charge is 0.381 e. The molecular weight excluding hydrogens is 256 g/mol. The maximum Gasteiger partial charge on any atom is 0.0382 e. The second kappa shape index (κ2) is 4.04. The lowest BCUT2D eigenvalue weighted by molar-refractivity contribution is -0.0309. The van der Waals surface area contributed by atoms with Crippen molar-refractivity contribution in [2.24, 2.45) is 5.41 Å². The summed E-state index contributed by atoms with van der Waals surface area (Å²) in [5.41, 5.74) is 4.07. The molecule has 1 N–H and O–H groups in total. The van der Waals surface area contributed by atoms with Crippen molar-refractivity contribution in [3.63, 3.8) is 0 Å². The molecule has 2 heteroatoms. The summed E-state index contributed by atoms with van der Waals surface area (Å²) in [7, 11) is 0. The molecule has 1 aromatic rings. The van der Waals surface area contributed by atoms with Crippen molar-refractivity contribution in [3.05, 3.63) is 29.8 Å². The van der Waals surface area contributed by atoms with Crippen LogP contribution in [-0.2, 0) is 5.41 Å². The van der Waals surface area contributed by atoms with E-state index in [1.54, 1.807) is 5.56 Å². The van der Waals surface area contributed by atoms with Crippen LogP contribution < -0.4 is 5.32 Å². The molecule has 21 heavy (non-hydrogen) atoms. The zero-order valence-electron chi connectivity index (χ0n) is 13.1. The van der Waals surface area contributed by atoms with E-state index in [-0.39, 0.29) is 0 Å². The SMILES string of the molecule is CC[C@]12CCCN3CC[C@]4(c5ccccc5N[C@H]4CC1)[C@@H]32. The summed E-state index contributed by atoms with van der Waals surface area (Å²) in [6.45, 7) is 5.10. The first kappa shape index (κ1) is 12.5. The van der Waals surface area contributed by atoms with E-state index in [1.807, 2.05) is 0 Å². The molecule has 3 aliphatic heterocycles. The van der Waals surface area contributed by atoms with E-state index in [9.17, 15) is 0 Å². The van der Waals surface area contributed by atoms with Crippen LogP contribution in [0.2, 0.25) is 0 Å². The normalized spacial score (nSPS) is 43.9. The van der Waals surface area contributed by atoms with Crippen LogP contribution in [0.5, 0.6) is 0 Å². The van der Waals surface area contributed by atoms with Crippen molar-refractivity contribution in [1.29, 1.82) is 0 Å². The molecule has 4 aliphatic rings. The Morgan fingerprint density at radius 2 is 2.10 bits per heavy atom. The van der Waals surface area contributed by atoms with E-state index in [1.165, 1.54) is 57.3 Å². The Hall–Kier alpha value is -1.02. The summed E-state index contributed by atoms with van der Waals surface area (Å²) in [6.07, 6.45) is 8.41. The van der Waals surface area contributed by atoms with Gasteiger partial charge in [0.25, 0.3) is 0 Å². The Labute approximate surface area is 127 Å². The summed E-state index contributed by atoms with van der Waals surface area (Å²) in [5, 5.41) is 3.90. The molecule has 3 heterocycles. The number of nitrogens with one attached hydrogen (secondary N) is 1. The summed E-state index contributed by atoms with van der Waals surface area (Å²) in [5.74, 6) is 0. The highest BCUT2D eigenvalue weighted by molar-refractivity contribution is 5.64. The van der Waals surface area contributed by atoms with Crippen LogP contribution in [0.4, 0.5) is 5.69 Å². The minimum Gasteiger partial charge on any atom is -0.381 e. The zero-order chi connectivity index (χ0) is 14.1. The fourth-order valence-corrected chi connectivity index (χ4v) is 6.60. The molecule has 1 aromatic carbocycles. The average molecular weight is 282 g/mol. The molecule has 4 atom stereocenters. The lowest BCUT2D eigenvalue weighted by Gasteiger charge is -2.58. The molecule has 0 radical (unpaired) electrons. The number of nitrogens with zero attached hydrogens (tertiary/aromatic N) is 1. The molecule has 112 valence electrons. The molecule has 5 rings (SSSR count). The second-order valence-corrected chi connectivity index (χ2v) is 7.83. The van der Waals surface area contributed by atoms with Gasteiger partial charge in [-0.15, -0.1) is 0 Å². The number of rotatable bonds is 1. The van der Waals surface area contributed by atoms with Gasteiger partial charge in [0.15, 0.2) is 0 Å². The van der Waals surface area contributed by atoms with Gasteiger partial charge in [-0.3, -0.25) is 4.90 Å². The Balaban J connectivity index is 1.72. The molecule has 1 saturated carbocycles. The van der Waals surface area contributed by atoms with Gasteiger partial charge >= 0.3 is 0 Å². The summed E-state index contributed by atoms with van der Waals surface area (Å²) in [4.78, 5) is 2.86. The number of hydrogen-bond acceptors (Lipinski definition) is 2. The molecule has 0 unspecified atom stereocenters. The molecule has 2 nitrogen and oxygen atoms in total. The van der Waals surface area contributed by atoms with E-state index >= 15 is 0 Å². The Kier molecular flexibility index (Phi) is 2.41. The number of benzene rings is 1. The van der Waals surface area contributed by atoms with Gasteiger partial charge in [-0.05, 0) is 68.7 Å². The van der Waals surface area contributed by atoms with Crippen molar-refractivity contribution < 1.29 is 0 Å². The molecular formula is C19H26N2. The standard InChI is InChI=1S/C19H26N2/c1-2-18-9-5-12-21-13-11-19(17(18)21)14-6-3-4-7-15(14)20-16(19)8-10-18/h3-4,6-7,16-17,20H,2,5,8-13H2,1H3/t16-,17-,18-,19+/m0/s1. The average Bonchev–Trinajstić information content (AvgIpc) is 3.08. The molecule has 1 spiro atoms. The minimum absolute atomic E-state index is 0.408. The van der Waals surface area contributed by atoms with Gasteiger partial charge in [0.1, 0.15) is 0 Å². The minimum atomic E-state index is 0.408. The number of hydrogen-bond donors (Lipinski definition) is 1. The van der Waals surface area contributed by atoms with Crippen molar-refractivity contribution in [3.8, 4) is 0 Å². The monoisotopic (exact) mass is 282 g/mol. The van der Waals surface area contributed by atoms with Crippen LogP contribution in [0, 0.1) is 5.41 Å². The van der Waals surface area contributed by atoms with Gasteiger partial charge in [-0.2, -0.15) is 0 Å². The smallest absolute Gasteiger partial charge is 0.0382 e. The van der Waals surface area contributed by atoms with Gasteiger partial charge < -0.3 is 5.32 Å². The Bertz CT molecular complexity index is 583. The predicted octanol–water partition coefficient (Wildman–Crippen LogP) is 3.78. The molecule has 2 saturated heterocycles. The number of piperidine rings is 1. The first-order valence-electron chi connectivity index (χ1n) is 8.90. The van der Waals surface area contributed by atoms with Crippen LogP contribution >= 0.6 is 0 Å². The molecule has 0 aromatic heterocycles. The second-order valence-electron chi connectivity index (χ2n) is 7.83. The lowest BCUT2D eigenvalue weighted by atomic mass is 9.52. The van der Waals surface area contributed by atoms with Crippen LogP contribution in [0.25, 0.3) is 0 Å². The topological polar surface area (TPSA) is 15.3 Å². The number of fused-ring (bicyclic) bond motifs is 1. The van der Waals surface area contributed by atoms with Crippen molar-refractivity contribution in [1.82, 2.24) is 4.90 Å². The zero-order valence-corrected chi connectivity index (χ0v) is 13.1. The molecule has 0 amide bonds. The maximum absolute atomic E-state index is 3.90. The predicted molar refractivity (Wildman–Crippen MR) is 86.7 cm³/mol. The summed E-state index contributed by atoms with van der Waals surface area (Å²) >= 11 is 0. The maximum atomic E-state index is 3.90. The van der Waals surface area contributed by atoms with Crippen molar-refractivity contribution >= 4 is 5.69 Å². The number of anilines is 1.